The van der Waals surface area contributed by atoms with Gasteiger partial charge in [0.2, 0.25) is 0 Å². The number of anilines is 1. The van der Waals surface area contributed by atoms with E-state index in [0.29, 0.717) is 18.8 Å². The number of ether oxygens (including phenoxy) is 1. The standard InChI is InChI=1S/C12H18N2O2/c1-3-7-14(12(15)16-2)9-10-5-4-6-11(13)8-10/h4-6,8H,3,7,9,13H2,1-2H3. The number of benzene rings is 1. The van der Waals surface area contributed by atoms with Crippen LogP contribution >= 0.6 is 0 Å². The molecular formula is C12H18N2O2. The highest BCUT2D eigenvalue weighted by molar-refractivity contribution is 5.67. The molecule has 0 bridgehead atoms. The number of carbonyl (C=O) groups excluding carboxylic acids is 1. The van der Waals surface area contributed by atoms with Crippen LogP contribution in [0, 0.1) is 0 Å². The number of amides is 1. The van der Waals surface area contributed by atoms with Crippen LogP contribution in [-0.2, 0) is 11.3 Å². The van der Waals surface area contributed by atoms with Gasteiger partial charge in [0.05, 0.1) is 7.11 Å². The van der Waals surface area contributed by atoms with Gasteiger partial charge in [-0.1, -0.05) is 19.1 Å². The molecule has 0 saturated heterocycles. The van der Waals surface area contributed by atoms with Gasteiger partial charge in [-0.05, 0) is 24.1 Å². The van der Waals surface area contributed by atoms with Gasteiger partial charge >= 0.3 is 6.09 Å². The zero-order chi connectivity index (χ0) is 12.0. The summed E-state index contributed by atoms with van der Waals surface area (Å²) in [7, 11) is 1.39. The second-order valence-corrected chi connectivity index (χ2v) is 3.64. The van der Waals surface area contributed by atoms with Crippen molar-refractivity contribution in [1.82, 2.24) is 4.90 Å². The maximum Gasteiger partial charge on any atom is 0.409 e. The quantitative estimate of drug-likeness (QED) is 0.795. The second-order valence-electron chi connectivity index (χ2n) is 3.64. The maximum absolute atomic E-state index is 11.5. The molecule has 0 aromatic heterocycles. The summed E-state index contributed by atoms with van der Waals surface area (Å²) in [6.07, 6.45) is 0.599. The zero-order valence-electron chi connectivity index (χ0n) is 9.77. The Bertz CT molecular complexity index is 353. The lowest BCUT2D eigenvalue weighted by Crippen LogP contribution is -2.31. The van der Waals surface area contributed by atoms with Crippen molar-refractivity contribution in [2.75, 3.05) is 19.4 Å². The van der Waals surface area contributed by atoms with Crippen LogP contribution < -0.4 is 5.73 Å². The van der Waals surface area contributed by atoms with E-state index in [0.717, 1.165) is 12.0 Å². The third kappa shape index (κ3) is 3.46. The fraction of sp³-hybridized carbons (Fsp3) is 0.417. The van der Waals surface area contributed by atoms with Gasteiger partial charge in [-0.15, -0.1) is 0 Å². The first-order valence-electron chi connectivity index (χ1n) is 5.34. The van der Waals surface area contributed by atoms with Crippen molar-refractivity contribution in [2.45, 2.75) is 19.9 Å². The van der Waals surface area contributed by atoms with Crippen LogP contribution in [0.3, 0.4) is 0 Å². The van der Waals surface area contributed by atoms with Gasteiger partial charge in [-0.25, -0.2) is 4.79 Å². The number of nitrogens with two attached hydrogens (primary N) is 1. The summed E-state index contributed by atoms with van der Waals surface area (Å²) in [6, 6.07) is 7.52. The average Bonchev–Trinajstić information content (AvgIpc) is 2.27. The Hall–Kier alpha value is -1.71. The summed E-state index contributed by atoms with van der Waals surface area (Å²) in [5.41, 5.74) is 7.40. The zero-order valence-corrected chi connectivity index (χ0v) is 9.77. The molecule has 0 saturated carbocycles. The van der Waals surface area contributed by atoms with E-state index in [4.69, 9.17) is 10.5 Å². The molecule has 0 heterocycles. The van der Waals surface area contributed by atoms with Gasteiger partial charge in [-0.2, -0.15) is 0 Å². The number of nitrogens with zero attached hydrogens (tertiary/aromatic N) is 1. The molecule has 0 radical (unpaired) electrons. The molecule has 1 rings (SSSR count). The summed E-state index contributed by atoms with van der Waals surface area (Å²) in [4.78, 5) is 13.1. The third-order valence-electron chi connectivity index (χ3n) is 2.25. The molecule has 2 N–H and O–H groups in total. The predicted octanol–water partition coefficient (Wildman–Crippen LogP) is 2.25. The summed E-state index contributed by atoms with van der Waals surface area (Å²) < 4.78 is 4.72. The molecule has 4 nitrogen and oxygen atoms in total. The first kappa shape index (κ1) is 12.4. The molecular weight excluding hydrogens is 204 g/mol. The van der Waals surface area contributed by atoms with E-state index in [-0.39, 0.29) is 6.09 Å². The predicted molar refractivity (Wildman–Crippen MR) is 64.0 cm³/mol. The summed E-state index contributed by atoms with van der Waals surface area (Å²) in [5.74, 6) is 0. The van der Waals surface area contributed by atoms with Crippen molar-refractivity contribution in [1.29, 1.82) is 0 Å². The van der Waals surface area contributed by atoms with Crippen molar-refractivity contribution >= 4 is 11.8 Å². The molecule has 16 heavy (non-hydrogen) atoms. The van der Waals surface area contributed by atoms with Crippen molar-refractivity contribution in [3.8, 4) is 0 Å². The van der Waals surface area contributed by atoms with Crippen LogP contribution in [-0.4, -0.2) is 24.6 Å². The first-order valence-corrected chi connectivity index (χ1v) is 5.34. The van der Waals surface area contributed by atoms with Gasteiger partial charge in [0.15, 0.2) is 0 Å². The highest BCUT2D eigenvalue weighted by Gasteiger charge is 2.12. The number of methoxy groups -OCH3 is 1. The van der Waals surface area contributed by atoms with Crippen molar-refractivity contribution in [3.63, 3.8) is 0 Å². The molecule has 0 aliphatic carbocycles. The Labute approximate surface area is 96.0 Å². The SMILES string of the molecule is CCCN(Cc1cccc(N)c1)C(=O)OC. The number of rotatable bonds is 4. The smallest absolute Gasteiger partial charge is 0.409 e. The van der Waals surface area contributed by atoms with E-state index >= 15 is 0 Å². The Kier molecular flexibility index (Phi) is 4.64. The van der Waals surface area contributed by atoms with E-state index in [9.17, 15) is 4.79 Å². The van der Waals surface area contributed by atoms with Crippen molar-refractivity contribution in [2.24, 2.45) is 0 Å². The molecule has 88 valence electrons. The van der Waals surface area contributed by atoms with Crippen LogP contribution in [0.15, 0.2) is 24.3 Å². The fourth-order valence-corrected chi connectivity index (χ4v) is 1.55. The van der Waals surface area contributed by atoms with Gasteiger partial charge < -0.3 is 15.4 Å². The van der Waals surface area contributed by atoms with Gasteiger partial charge in [0, 0.05) is 18.8 Å². The van der Waals surface area contributed by atoms with E-state index in [1.807, 2.05) is 31.2 Å². The molecule has 1 aromatic carbocycles. The van der Waals surface area contributed by atoms with Crippen LogP contribution in [0.4, 0.5) is 10.5 Å². The van der Waals surface area contributed by atoms with E-state index in [1.165, 1.54) is 7.11 Å². The van der Waals surface area contributed by atoms with E-state index in [2.05, 4.69) is 0 Å². The molecule has 1 aromatic rings. The molecule has 0 spiro atoms. The molecule has 0 aliphatic rings. The number of hydrogen-bond donors (Lipinski definition) is 1. The molecule has 0 fully saturated rings. The highest BCUT2D eigenvalue weighted by Crippen LogP contribution is 2.10. The minimum atomic E-state index is -0.302. The molecule has 0 atom stereocenters. The van der Waals surface area contributed by atoms with Gasteiger partial charge in [-0.3, -0.25) is 0 Å². The summed E-state index contributed by atoms with van der Waals surface area (Å²) in [6.45, 7) is 3.24. The number of nitrogen functional groups attached to an aromatic ring is 1. The second kappa shape index (κ2) is 6.00. The Balaban J connectivity index is 2.71. The lowest BCUT2D eigenvalue weighted by molar-refractivity contribution is 0.121. The van der Waals surface area contributed by atoms with E-state index in [1.54, 1.807) is 4.90 Å². The first-order chi connectivity index (χ1) is 7.67. The normalized spacial score (nSPS) is 9.88. The highest BCUT2D eigenvalue weighted by atomic mass is 16.5. The van der Waals surface area contributed by atoms with Crippen LogP contribution in [0.1, 0.15) is 18.9 Å². The number of hydrogen-bond acceptors (Lipinski definition) is 3. The monoisotopic (exact) mass is 222 g/mol. The molecule has 1 amide bonds. The van der Waals surface area contributed by atoms with Crippen molar-refractivity contribution < 1.29 is 9.53 Å². The molecule has 0 unspecified atom stereocenters. The van der Waals surface area contributed by atoms with Crippen LogP contribution in [0.5, 0.6) is 0 Å². The van der Waals surface area contributed by atoms with Crippen molar-refractivity contribution in [3.05, 3.63) is 29.8 Å². The largest absolute Gasteiger partial charge is 0.453 e. The number of carbonyl (C=O) groups is 1. The van der Waals surface area contributed by atoms with E-state index < -0.39 is 0 Å². The fourth-order valence-electron chi connectivity index (χ4n) is 1.55. The van der Waals surface area contributed by atoms with Gasteiger partial charge in [0.25, 0.3) is 0 Å². The molecule has 4 heteroatoms. The average molecular weight is 222 g/mol. The third-order valence-corrected chi connectivity index (χ3v) is 2.25. The topological polar surface area (TPSA) is 55.6 Å². The minimum absolute atomic E-state index is 0.302. The lowest BCUT2D eigenvalue weighted by Gasteiger charge is -2.20. The Morgan fingerprint density at radius 1 is 1.50 bits per heavy atom. The Morgan fingerprint density at radius 3 is 2.81 bits per heavy atom. The molecule has 0 aliphatic heterocycles. The maximum atomic E-state index is 11.5. The van der Waals surface area contributed by atoms with Crippen LogP contribution in [0.2, 0.25) is 0 Å². The lowest BCUT2D eigenvalue weighted by atomic mass is 10.2. The summed E-state index contributed by atoms with van der Waals surface area (Å²) >= 11 is 0. The minimum Gasteiger partial charge on any atom is -0.453 e. The summed E-state index contributed by atoms with van der Waals surface area (Å²) in [5, 5.41) is 0. The van der Waals surface area contributed by atoms with Gasteiger partial charge in [0.1, 0.15) is 0 Å². The van der Waals surface area contributed by atoms with Crippen LogP contribution in [0.25, 0.3) is 0 Å². The Morgan fingerprint density at radius 2 is 2.25 bits per heavy atom.